The monoisotopic (exact) mass is 234 g/mol. The lowest BCUT2D eigenvalue weighted by molar-refractivity contribution is 0.896. The van der Waals surface area contributed by atoms with Crippen molar-refractivity contribution in [1.29, 1.82) is 0 Å². The van der Waals surface area contributed by atoms with Crippen LogP contribution in [0.15, 0.2) is 23.1 Å². The zero-order valence-corrected chi connectivity index (χ0v) is 9.85. The molecular formula is C10H12Cl2S. The molecule has 1 aromatic rings. The molecule has 0 radical (unpaired) electrons. The van der Waals surface area contributed by atoms with Crippen molar-refractivity contribution in [3.8, 4) is 0 Å². The van der Waals surface area contributed by atoms with Gasteiger partial charge in [0.05, 0.1) is 5.02 Å². The molecule has 0 unspecified atom stereocenters. The Morgan fingerprint density at radius 3 is 2.69 bits per heavy atom. The van der Waals surface area contributed by atoms with Crippen molar-refractivity contribution in [2.45, 2.75) is 24.7 Å². The minimum absolute atomic E-state index is 0.699. The highest BCUT2D eigenvalue weighted by Crippen LogP contribution is 2.29. The Morgan fingerprint density at radius 1 is 1.31 bits per heavy atom. The van der Waals surface area contributed by atoms with Crippen LogP contribution in [0.4, 0.5) is 0 Å². The molecule has 0 fully saturated rings. The first-order valence-electron chi connectivity index (χ1n) is 4.32. The largest absolute Gasteiger partial charge is 0.125 e. The second kappa shape index (κ2) is 5.79. The van der Waals surface area contributed by atoms with Crippen LogP contribution < -0.4 is 0 Å². The second-order valence-electron chi connectivity index (χ2n) is 2.78. The topological polar surface area (TPSA) is 0 Å². The summed E-state index contributed by atoms with van der Waals surface area (Å²) in [5.74, 6) is 1.12. The third-order valence-electron chi connectivity index (χ3n) is 1.65. The van der Waals surface area contributed by atoms with Gasteiger partial charge < -0.3 is 0 Å². The molecule has 0 aliphatic heterocycles. The van der Waals surface area contributed by atoms with Crippen molar-refractivity contribution < 1.29 is 0 Å². The molecule has 0 N–H and O–H groups in total. The molecule has 0 saturated heterocycles. The van der Waals surface area contributed by atoms with Gasteiger partial charge in [-0.25, -0.2) is 0 Å². The molecule has 0 spiro atoms. The van der Waals surface area contributed by atoms with Gasteiger partial charge in [0.25, 0.3) is 0 Å². The predicted molar refractivity (Wildman–Crippen MR) is 62.1 cm³/mol. The number of rotatable bonds is 4. The molecule has 0 atom stereocenters. The van der Waals surface area contributed by atoms with Gasteiger partial charge >= 0.3 is 0 Å². The van der Waals surface area contributed by atoms with Gasteiger partial charge in [-0.2, -0.15) is 0 Å². The first-order chi connectivity index (χ1) is 6.24. The highest BCUT2D eigenvalue weighted by atomic mass is 35.5. The predicted octanol–water partition coefficient (Wildman–Crippen LogP) is 4.89. The van der Waals surface area contributed by atoms with Gasteiger partial charge in [-0.05, 0) is 30.4 Å². The molecule has 0 heterocycles. The normalized spacial score (nSPS) is 10.4. The fraction of sp³-hybridized carbons (Fsp3) is 0.400. The van der Waals surface area contributed by atoms with Crippen LogP contribution in [0, 0.1) is 0 Å². The van der Waals surface area contributed by atoms with Crippen molar-refractivity contribution in [2.75, 3.05) is 5.75 Å². The molecule has 0 aliphatic carbocycles. The summed E-state index contributed by atoms with van der Waals surface area (Å²) in [5, 5.41) is 1.46. The maximum Gasteiger partial charge on any atom is 0.0556 e. The molecule has 0 aliphatic rings. The summed E-state index contributed by atoms with van der Waals surface area (Å²) in [7, 11) is 0. The van der Waals surface area contributed by atoms with Gasteiger partial charge in [0.2, 0.25) is 0 Å². The fourth-order valence-electron chi connectivity index (χ4n) is 0.919. The molecule has 1 rings (SSSR count). The van der Waals surface area contributed by atoms with Gasteiger partial charge in [-0.15, -0.1) is 11.8 Å². The third-order valence-corrected chi connectivity index (χ3v) is 3.47. The Kier molecular flexibility index (Phi) is 5.00. The second-order valence-corrected chi connectivity index (χ2v) is 4.76. The SMILES string of the molecule is CCCCSc1ccc(Cl)cc1Cl. The van der Waals surface area contributed by atoms with Crippen molar-refractivity contribution in [3.63, 3.8) is 0 Å². The van der Waals surface area contributed by atoms with Gasteiger partial charge in [-0.1, -0.05) is 36.5 Å². The van der Waals surface area contributed by atoms with E-state index in [-0.39, 0.29) is 0 Å². The highest BCUT2D eigenvalue weighted by Gasteiger charge is 2.00. The first kappa shape index (κ1) is 11.2. The molecule has 0 saturated carbocycles. The van der Waals surface area contributed by atoms with Crippen molar-refractivity contribution in [3.05, 3.63) is 28.2 Å². The molecule has 72 valence electrons. The Bertz CT molecular complexity index is 274. The summed E-state index contributed by atoms with van der Waals surface area (Å²) >= 11 is 13.6. The van der Waals surface area contributed by atoms with Crippen LogP contribution in [-0.4, -0.2) is 5.75 Å². The van der Waals surface area contributed by atoms with Crippen molar-refractivity contribution >= 4 is 35.0 Å². The van der Waals surface area contributed by atoms with Crippen LogP contribution in [0.1, 0.15) is 19.8 Å². The van der Waals surface area contributed by atoms with E-state index in [9.17, 15) is 0 Å². The van der Waals surface area contributed by atoms with E-state index in [4.69, 9.17) is 23.2 Å². The summed E-state index contributed by atoms with van der Waals surface area (Å²) in [4.78, 5) is 1.12. The van der Waals surface area contributed by atoms with Crippen molar-refractivity contribution in [1.82, 2.24) is 0 Å². The van der Waals surface area contributed by atoms with Crippen LogP contribution in [0.25, 0.3) is 0 Å². The molecule has 0 aromatic heterocycles. The lowest BCUT2D eigenvalue weighted by Gasteiger charge is -2.03. The molecule has 0 nitrogen and oxygen atoms in total. The minimum atomic E-state index is 0.699. The zero-order valence-electron chi connectivity index (χ0n) is 7.52. The van der Waals surface area contributed by atoms with Crippen molar-refractivity contribution in [2.24, 2.45) is 0 Å². The molecular weight excluding hydrogens is 223 g/mol. The number of unbranched alkanes of at least 4 members (excludes halogenated alkanes) is 1. The fourth-order valence-corrected chi connectivity index (χ4v) is 2.50. The summed E-state index contributed by atoms with van der Waals surface area (Å²) in [5.41, 5.74) is 0. The average Bonchev–Trinajstić information content (AvgIpc) is 2.09. The van der Waals surface area contributed by atoms with E-state index in [1.165, 1.54) is 12.8 Å². The average molecular weight is 235 g/mol. The van der Waals surface area contributed by atoms with Crippen LogP contribution in [-0.2, 0) is 0 Å². The van der Waals surface area contributed by atoms with Crippen LogP contribution >= 0.6 is 35.0 Å². The summed E-state index contributed by atoms with van der Waals surface area (Å²) in [6.45, 7) is 2.18. The van der Waals surface area contributed by atoms with Gasteiger partial charge in [0.15, 0.2) is 0 Å². The number of thioether (sulfide) groups is 1. The van der Waals surface area contributed by atoms with E-state index in [1.807, 2.05) is 12.1 Å². The van der Waals surface area contributed by atoms with Crippen LogP contribution in [0.5, 0.6) is 0 Å². The third kappa shape index (κ3) is 3.80. The number of hydrogen-bond acceptors (Lipinski definition) is 1. The van der Waals surface area contributed by atoms with E-state index >= 15 is 0 Å². The number of halogens is 2. The van der Waals surface area contributed by atoms with Crippen LogP contribution in [0.3, 0.4) is 0 Å². The summed E-state index contributed by atoms with van der Waals surface area (Å²) < 4.78 is 0. The molecule has 0 amide bonds. The van der Waals surface area contributed by atoms with E-state index in [2.05, 4.69) is 6.92 Å². The molecule has 0 bridgehead atoms. The highest BCUT2D eigenvalue weighted by molar-refractivity contribution is 7.99. The van der Waals surface area contributed by atoms with E-state index in [1.54, 1.807) is 17.8 Å². The first-order valence-corrected chi connectivity index (χ1v) is 6.06. The van der Waals surface area contributed by atoms with Gasteiger partial charge in [0, 0.05) is 9.92 Å². The lowest BCUT2D eigenvalue weighted by atomic mass is 10.4. The van der Waals surface area contributed by atoms with Gasteiger partial charge in [0.1, 0.15) is 0 Å². The molecule has 3 heteroatoms. The maximum absolute atomic E-state index is 6.00. The quantitative estimate of drug-likeness (QED) is 0.529. The standard InChI is InChI=1S/C10H12Cl2S/c1-2-3-6-13-10-5-4-8(11)7-9(10)12/h4-5,7H,2-3,6H2,1H3. The lowest BCUT2D eigenvalue weighted by Crippen LogP contribution is -1.79. The van der Waals surface area contributed by atoms with Crippen LogP contribution in [0.2, 0.25) is 10.0 Å². The smallest absolute Gasteiger partial charge is 0.0556 e. The minimum Gasteiger partial charge on any atom is -0.125 e. The Hall–Kier alpha value is 0.150. The van der Waals surface area contributed by atoms with E-state index in [0.717, 1.165) is 15.7 Å². The number of benzene rings is 1. The number of hydrogen-bond donors (Lipinski definition) is 0. The van der Waals surface area contributed by atoms with Gasteiger partial charge in [-0.3, -0.25) is 0 Å². The molecule has 13 heavy (non-hydrogen) atoms. The zero-order chi connectivity index (χ0) is 9.68. The maximum atomic E-state index is 6.00. The van der Waals surface area contributed by atoms with E-state index < -0.39 is 0 Å². The van der Waals surface area contributed by atoms with E-state index in [0.29, 0.717) is 5.02 Å². The Balaban J connectivity index is 2.56. The summed E-state index contributed by atoms with van der Waals surface area (Å²) in [6, 6.07) is 5.64. The summed E-state index contributed by atoms with van der Waals surface area (Å²) in [6.07, 6.45) is 2.45. The Labute approximate surface area is 93.6 Å². The molecule has 1 aromatic carbocycles. The Morgan fingerprint density at radius 2 is 2.08 bits per heavy atom.